The SMILES string of the molecule is CC1CC(C)CN(C(=O)COC(=O)c2ccc([N+](=O)[O-])cc2)C1. The first-order valence-corrected chi connectivity index (χ1v) is 7.56. The van der Waals surface area contributed by atoms with Gasteiger partial charge in [0.15, 0.2) is 6.61 Å². The Labute approximate surface area is 134 Å². The Hall–Kier alpha value is -2.44. The number of esters is 1. The smallest absolute Gasteiger partial charge is 0.338 e. The van der Waals surface area contributed by atoms with Crippen molar-refractivity contribution < 1.29 is 19.2 Å². The zero-order valence-corrected chi connectivity index (χ0v) is 13.2. The van der Waals surface area contributed by atoms with E-state index < -0.39 is 10.9 Å². The number of hydrogen-bond donors (Lipinski definition) is 0. The first-order valence-electron chi connectivity index (χ1n) is 7.56. The van der Waals surface area contributed by atoms with Gasteiger partial charge in [-0.15, -0.1) is 0 Å². The van der Waals surface area contributed by atoms with Gasteiger partial charge in [-0.3, -0.25) is 14.9 Å². The largest absolute Gasteiger partial charge is 0.452 e. The zero-order valence-electron chi connectivity index (χ0n) is 13.2. The maximum atomic E-state index is 12.1. The van der Waals surface area contributed by atoms with Crippen LogP contribution in [0.3, 0.4) is 0 Å². The summed E-state index contributed by atoms with van der Waals surface area (Å²) in [5, 5.41) is 10.6. The number of benzene rings is 1. The third kappa shape index (κ3) is 4.51. The molecule has 1 fully saturated rings. The lowest BCUT2D eigenvalue weighted by Gasteiger charge is -2.34. The molecule has 7 heteroatoms. The van der Waals surface area contributed by atoms with E-state index in [9.17, 15) is 19.7 Å². The van der Waals surface area contributed by atoms with Crippen molar-refractivity contribution in [2.24, 2.45) is 11.8 Å². The Morgan fingerprint density at radius 3 is 2.30 bits per heavy atom. The maximum absolute atomic E-state index is 12.1. The molecule has 7 nitrogen and oxygen atoms in total. The van der Waals surface area contributed by atoms with E-state index in [1.165, 1.54) is 24.3 Å². The van der Waals surface area contributed by atoms with Gasteiger partial charge in [-0.05, 0) is 30.4 Å². The van der Waals surface area contributed by atoms with Gasteiger partial charge in [0, 0.05) is 25.2 Å². The van der Waals surface area contributed by atoms with Gasteiger partial charge in [0.05, 0.1) is 10.5 Å². The number of ether oxygens (including phenoxy) is 1. The van der Waals surface area contributed by atoms with Crippen LogP contribution in [0.2, 0.25) is 0 Å². The molecule has 0 spiro atoms. The second kappa shape index (κ2) is 7.21. The molecule has 0 saturated carbocycles. The van der Waals surface area contributed by atoms with Gasteiger partial charge in [-0.1, -0.05) is 13.8 Å². The number of carbonyl (C=O) groups excluding carboxylic acids is 2. The van der Waals surface area contributed by atoms with Crippen molar-refractivity contribution in [3.8, 4) is 0 Å². The van der Waals surface area contributed by atoms with E-state index in [2.05, 4.69) is 13.8 Å². The van der Waals surface area contributed by atoms with Crippen molar-refractivity contribution in [3.63, 3.8) is 0 Å². The number of hydrogen-bond acceptors (Lipinski definition) is 5. The molecular weight excluding hydrogens is 300 g/mol. The van der Waals surface area contributed by atoms with Crippen LogP contribution in [0.4, 0.5) is 5.69 Å². The van der Waals surface area contributed by atoms with Gasteiger partial charge in [-0.25, -0.2) is 4.79 Å². The van der Waals surface area contributed by atoms with Crippen LogP contribution in [-0.4, -0.2) is 41.4 Å². The van der Waals surface area contributed by atoms with Crippen molar-refractivity contribution in [1.29, 1.82) is 0 Å². The van der Waals surface area contributed by atoms with Crippen LogP contribution in [0.5, 0.6) is 0 Å². The Balaban J connectivity index is 1.88. The number of nitro benzene ring substituents is 1. The molecule has 1 aromatic rings. The second-order valence-electron chi connectivity index (χ2n) is 6.12. The summed E-state index contributed by atoms with van der Waals surface area (Å²) in [6, 6.07) is 5.09. The van der Waals surface area contributed by atoms with Crippen LogP contribution in [0.15, 0.2) is 24.3 Å². The highest BCUT2D eigenvalue weighted by Crippen LogP contribution is 2.21. The predicted molar refractivity (Wildman–Crippen MR) is 82.9 cm³/mol. The van der Waals surface area contributed by atoms with Crippen LogP contribution < -0.4 is 0 Å². The van der Waals surface area contributed by atoms with E-state index >= 15 is 0 Å². The van der Waals surface area contributed by atoms with Crippen LogP contribution in [-0.2, 0) is 9.53 Å². The molecule has 124 valence electrons. The van der Waals surface area contributed by atoms with E-state index in [0.29, 0.717) is 24.9 Å². The molecule has 1 aromatic carbocycles. The van der Waals surface area contributed by atoms with Gasteiger partial charge in [0.1, 0.15) is 0 Å². The third-order valence-electron chi connectivity index (χ3n) is 3.86. The minimum atomic E-state index is -0.661. The first kappa shape index (κ1) is 16.9. The monoisotopic (exact) mass is 320 g/mol. The maximum Gasteiger partial charge on any atom is 0.338 e. The standard InChI is InChI=1S/C16H20N2O5/c1-11-7-12(2)9-17(8-11)15(19)10-23-16(20)13-3-5-14(6-4-13)18(21)22/h3-6,11-12H,7-10H2,1-2H3. The van der Waals surface area contributed by atoms with E-state index in [-0.39, 0.29) is 23.8 Å². The summed E-state index contributed by atoms with van der Waals surface area (Å²) in [5.74, 6) is 0.00571. The first-order chi connectivity index (χ1) is 10.9. The molecule has 0 N–H and O–H groups in total. The van der Waals surface area contributed by atoms with Gasteiger partial charge < -0.3 is 9.64 Å². The number of likely N-dealkylation sites (tertiary alicyclic amines) is 1. The molecular formula is C16H20N2O5. The Bertz CT molecular complexity index is 589. The minimum absolute atomic E-state index is 0.103. The molecule has 0 radical (unpaired) electrons. The molecule has 1 saturated heterocycles. The molecule has 23 heavy (non-hydrogen) atoms. The highest BCUT2D eigenvalue weighted by Gasteiger charge is 2.26. The normalized spacial score (nSPS) is 20.9. The molecule has 0 aliphatic carbocycles. The predicted octanol–water partition coefficient (Wildman–Crippen LogP) is 2.26. The molecule has 1 aliphatic heterocycles. The van der Waals surface area contributed by atoms with Crippen molar-refractivity contribution in [2.45, 2.75) is 20.3 Å². The molecule has 1 aliphatic rings. The third-order valence-corrected chi connectivity index (χ3v) is 3.86. The molecule has 2 rings (SSSR count). The van der Waals surface area contributed by atoms with Crippen LogP contribution in [0.1, 0.15) is 30.6 Å². The average molecular weight is 320 g/mol. The molecule has 0 bridgehead atoms. The number of piperidine rings is 1. The summed E-state index contributed by atoms with van der Waals surface area (Å²) < 4.78 is 5.01. The number of nitro groups is 1. The average Bonchev–Trinajstić information content (AvgIpc) is 2.51. The Morgan fingerprint density at radius 1 is 1.22 bits per heavy atom. The number of amides is 1. The van der Waals surface area contributed by atoms with Gasteiger partial charge >= 0.3 is 5.97 Å². The van der Waals surface area contributed by atoms with Crippen LogP contribution >= 0.6 is 0 Å². The summed E-state index contributed by atoms with van der Waals surface area (Å²) in [5.41, 5.74) is 0.0812. The van der Waals surface area contributed by atoms with Crippen LogP contribution in [0.25, 0.3) is 0 Å². The summed E-state index contributed by atoms with van der Waals surface area (Å²) in [4.78, 5) is 35.8. The molecule has 1 amide bonds. The van der Waals surface area contributed by atoms with E-state index in [4.69, 9.17) is 4.74 Å². The lowest BCUT2D eigenvalue weighted by molar-refractivity contribution is -0.384. The lowest BCUT2D eigenvalue weighted by Crippen LogP contribution is -2.44. The van der Waals surface area contributed by atoms with Crippen molar-refractivity contribution in [2.75, 3.05) is 19.7 Å². The van der Waals surface area contributed by atoms with E-state index in [0.717, 1.165) is 6.42 Å². The molecule has 2 atom stereocenters. The molecule has 0 aromatic heterocycles. The highest BCUT2D eigenvalue weighted by molar-refractivity contribution is 5.91. The minimum Gasteiger partial charge on any atom is -0.452 e. The summed E-state index contributed by atoms with van der Waals surface area (Å²) in [6.45, 7) is 5.24. The fraction of sp³-hybridized carbons (Fsp3) is 0.500. The number of carbonyl (C=O) groups is 2. The Morgan fingerprint density at radius 2 is 1.78 bits per heavy atom. The molecule has 1 heterocycles. The van der Waals surface area contributed by atoms with Crippen LogP contribution in [0, 0.1) is 22.0 Å². The van der Waals surface area contributed by atoms with Gasteiger partial charge in [-0.2, -0.15) is 0 Å². The lowest BCUT2D eigenvalue weighted by atomic mass is 9.92. The molecule has 2 unspecified atom stereocenters. The van der Waals surface area contributed by atoms with E-state index in [1.54, 1.807) is 4.90 Å². The summed E-state index contributed by atoms with van der Waals surface area (Å²) >= 11 is 0. The van der Waals surface area contributed by atoms with Crippen molar-refractivity contribution in [3.05, 3.63) is 39.9 Å². The van der Waals surface area contributed by atoms with Crippen molar-refractivity contribution in [1.82, 2.24) is 4.90 Å². The zero-order chi connectivity index (χ0) is 17.0. The Kier molecular flexibility index (Phi) is 5.31. The van der Waals surface area contributed by atoms with E-state index in [1.807, 2.05) is 0 Å². The number of non-ortho nitro benzene ring substituents is 1. The highest BCUT2D eigenvalue weighted by atomic mass is 16.6. The summed E-state index contributed by atoms with van der Waals surface area (Å²) in [7, 11) is 0. The summed E-state index contributed by atoms with van der Waals surface area (Å²) in [6.07, 6.45) is 1.09. The van der Waals surface area contributed by atoms with Gasteiger partial charge in [0.2, 0.25) is 0 Å². The quantitative estimate of drug-likeness (QED) is 0.482. The topological polar surface area (TPSA) is 89.8 Å². The van der Waals surface area contributed by atoms with Crippen molar-refractivity contribution >= 4 is 17.6 Å². The number of rotatable bonds is 4. The fourth-order valence-electron chi connectivity index (χ4n) is 2.89. The fourth-order valence-corrected chi connectivity index (χ4v) is 2.89. The van der Waals surface area contributed by atoms with Gasteiger partial charge in [0.25, 0.3) is 11.6 Å². The number of nitrogens with zero attached hydrogens (tertiary/aromatic N) is 2. The second-order valence-corrected chi connectivity index (χ2v) is 6.12.